The molecule has 120 valence electrons. The Kier molecular flexibility index (Phi) is 4.57. The quantitative estimate of drug-likeness (QED) is 0.779. The minimum atomic E-state index is -0.203. The molecule has 0 unspecified atom stereocenters. The molecule has 4 nitrogen and oxygen atoms in total. The van der Waals surface area contributed by atoms with Crippen molar-refractivity contribution in [1.82, 2.24) is 4.98 Å². The first-order chi connectivity index (χ1) is 11.7. The summed E-state index contributed by atoms with van der Waals surface area (Å²) in [5.74, 6) is 0.492. The Morgan fingerprint density at radius 1 is 1.04 bits per heavy atom. The maximum Gasteiger partial charge on any atom is 0.257 e. The molecule has 0 fully saturated rings. The summed E-state index contributed by atoms with van der Waals surface area (Å²) >= 11 is 0. The summed E-state index contributed by atoms with van der Waals surface area (Å²) in [5, 5.41) is 2.84. The molecule has 0 aliphatic rings. The highest BCUT2D eigenvalue weighted by molar-refractivity contribution is 6.04. The predicted octanol–water partition coefficient (Wildman–Crippen LogP) is 4.32. The summed E-state index contributed by atoms with van der Waals surface area (Å²) in [6, 6.07) is 19.0. The van der Waals surface area contributed by atoms with Crippen LogP contribution in [0, 0.1) is 6.92 Å². The van der Waals surface area contributed by atoms with E-state index in [0.29, 0.717) is 17.0 Å². The average molecular weight is 318 g/mol. The lowest BCUT2D eigenvalue weighted by Crippen LogP contribution is -2.12. The molecule has 0 spiro atoms. The largest absolute Gasteiger partial charge is 0.497 e. The zero-order valence-corrected chi connectivity index (χ0v) is 13.6. The number of anilines is 1. The van der Waals surface area contributed by atoms with Gasteiger partial charge in [0, 0.05) is 23.5 Å². The van der Waals surface area contributed by atoms with Crippen LogP contribution in [0.1, 0.15) is 15.9 Å². The topological polar surface area (TPSA) is 51.2 Å². The van der Waals surface area contributed by atoms with Gasteiger partial charge < -0.3 is 10.1 Å². The highest BCUT2D eigenvalue weighted by Crippen LogP contribution is 2.19. The van der Waals surface area contributed by atoms with Gasteiger partial charge in [-0.05, 0) is 31.2 Å². The highest BCUT2D eigenvalue weighted by Gasteiger charge is 2.08. The summed E-state index contributed by atoms with van der Waals surface area (Å²) in [6.07, 6.45) is 1.59. The van der Waals surface area contributed by atoms with Gasteiger partial charge in [-0.2, -0.15) is 0 Å². The van der Waals surface area contributed by atoms with Crippen LogP contribution in [0.4, 0.5) is 5.69 Å². The van der Waals surface area contributed by atoms with E-state index in [1.807, 2.05) is 55.5 Å². The number of nitrogens with one attached hydrogen (secondary N) is 1. The zero-order chi connectivity index (χ0) is 16.9. The van der Waals surface area contributed by atoms with Crippen molar-refractivity contribution in [2.75, 3.05) is 12.4 Å². The van der Waals surface area contributed by atoms with Gasteiger partial charge in [0.1, 0.15) is 5.75 Å². The molecule has 4 heteroatoms. The van der Waals surface area contributed by atoms with Gasteiger partial charge >= 0.3 is 0 Å². The number of ether oxygens (including phenoxy) is 1. The van der Waals surface area contributed by atoms with E-state index in [9.17, 15) is 4.79 Å². The minimum absolute atomic E-state index is 0.203. The summed E-state index contributed by atoms with van der Waals surface area (Å²) in [6.45, 7) is 2.04. The second kappa shape index (κ2) is 6.96. The van der Waals surface area contributed by atoms with E-state index >= 15 is 0 Å². The van der Waals surface area contributed by atoms with E-state index in [-0.39, 0.29) is 5.91 Å². The molecule has 1 N–H and O–H groups in total. The van der Waals surface area contributed by atoms with E-state index in [0.717, 1.165) is 11.3 Å². The molecule has 0 saturated heterocycles. The smallest absolute Gasteiger partial charge is 0.257 e. The summed E-state index contributed by atoms with van der Waals surface area (Å²) < 4.78 is 5.15. The molecule has 0 bridgehead atoms. The van der Waals surface area contributed by atoms with Crippen molar-refractivity contribution in [2.45, 2.75) is 6.92 Å². The molecule has 1 heterocycles. The Hall–Kier alpha value is -3.14. The third-order valence-corrected chi connectivity index (χ3v) is 3.70. The first kappa shape index (κ1) is 15.7. The van der Waals surface area contributed by atoms with Crippen molar-refractivity contribution in [3.8, 4) is 17.0 Å². The number of aryl methyl sites for hydroxylation is 1. The number of rotatable bonds is 4. The summed E-state index contributed by atoms with van der Waals surface area (Å²) in [4.78, 5) is 16.7. The molecule has 1 amide bonds. The number of carbonyl (C=O) groups excluding carboxylic acids is 1. The van der Waals surface area contributed by atoms with Crippen LogP contribution in [0.25, 0.3) is 11.3 Å². The third kappa shape index (κ3) is 3.60. The van der Waals surface area contributed by atoms with Gasteiger partial charge in [-0.1, -0.05) is 35.9 Å². The van der Waals surface area contributed by atoms with Crippen molar-refractivity contribution in [2.24, 2.45) is 0 Å². The second-order valence-corrected chi connectivity index (χ2v) is 5.48. The maximum absolute atomic E-state index is 12.3. The number of methoxy groups -OCH3 is 1. The van der Waals surface area contributed by atoms with Crippen molar-refractivity contribution < 1.29 is 9.53 Å². The number of hydrogen-bond donors (Lipinski definition) is 1. The van der Waals surface area contributed by atoms with E-state index in [4.69, 9.17) is 4.74 Å². The summed E-state index contributed by atoms with van der Waals surface area (Å²) in [7, 11) is 1.59. The van der Waals surface area contributed by atoms with Crippen LogP contribution >= 0.6 is 0 Å². The molecule has 2 aromatic carbocycles. The zero-order valence-electron chi connectivity index (χ0n) is 13.6. The fourth-order valence-corrected chi connectivity index (χ4v) is 2.33. The van der Waals surface area contributed by atoms with Gasteiger partial charge in [0.25, 0.3) is 5.91 Å². The first-order valence-corrected chi connectivity index (χ1v) is 7.64. The van der Waals surface area contributed by atoms with Crippen molar-refractivity contribution >= 4 is 11.6 Å². The van der Waals surface area contributed by atoms with Crippen LogP contribution < -0.4 is 10.1 Å². The van der Waals surface area contributed by atoms with E-state index in [1.165, 1.54) is 5.56 Å². The summed E-state index contributed by atoms with van der Waals surface area (Å²) in [5.41, 5.74) is 4.26. The first-order valence-electron chi connectivity index (χ1n) is 7.64. The lowest BCUT2D eigenvalue weighted by Gasteiger charge is -2.07. The average Bonchev–Trinajstić information content (AvgIpc) is 2.62. The second-order valence-electron chi connectivity index (χ2n) is 5.48. The number of benzene rings is 2. The Balaban J connectivity index is 1.75. The molecule has 0 aliphatic heterocycles. The monoisotopic (exact) mass is 318 g/mol. The third-order valence-electron chi connectivity index (χ3n) is 3.70. The molecule has 0 atom stereocenters. The van der Waals surface area contributed by atoms with Gasteiger partial charge in [-0.3, -0.25) is 9.78 Å². The van der Waals surface area contributed by atoms with Crippen molar-refractivity contribution in [3.05, 3.63) is 78.0 Å². The molecule has 1 aromatic heterocycles. The SMILES string of the molecule is COc1cccc(NC(=O)c2ccc(-c3ccc(C)cc3)nc2)c1. The fraction of sp³-hybridized carbons (Fsp3) is 0.100. The van der Waals surface area contributed by atoms with Gasteiger partial charge in [-0.15, -0.1) is 0 Å². The van der Waals surface area contributed by atoms with Gasteiger partial charge in [0.2, 0.25) is 0 Å². The molecular weight excluding hydrogens is 300 g/mol. The Bertz CT molecular complexity index is 840. The Labute approximate surface area is 141 Å². The molecule has 3 aromatic rings. The van der Waals surface area contributed by atoms with Gasteiger partial charge in [0.05, 0.1) is 18.4 Å². The van der Waals surface area contributed by atoms with E-state index < -0.39 is 0 Å². The van der Waals surface area contributed by atoms with Crippen LogP contribution in [0.15, 0.2) is 66.9 Å². The van der Waals surface area contributed by atoms with E-state index in [1.54, 1.807) is 25.4 Å². The normalized spacial score (nSPS) is 10.2. The molecule has 0 aliphatic carbocycles. The number of aromatic nitrogens is 1. The minimum Gasteiger partial charge on any atom is -0.497 e. The van der Waals surface area contributed by atoms with Crippen molar-refractivity contribution in [3.63, 3.8) is 0 Å². The molecule has 3 rings (SSSR count). The molecular formula is C20H18N2O2. The number of carbonyl (C=O) groups is 1. The van der Waals surface area contributed by atoms with Crippen LogP contribution in [0.3, 0.4) is 0 Å². The number of nitrogens with zero attached hydrogens (tertiary/aromatic N) is 1. The number of amides is 1. The van der Waals surface area contributed by atoms with Crippen LogP contribution in [-0.2, 0) is 0 Å². The highest BCUT2D eigenvalue weighted by atomic mass is 16.5. The van der Waals surface area contributed by atoms with Gasteiger partial charge in [-0.25, -0.2) is 0 Å². The molecule has 0 radical (unpaired) electrons. The predicted molar refractivity (Wildman–Crippen MR) is 95.4 cm³/mol. The van der Waals surface area contributed by atoms with Crippen LogP contribution in [0.2, 0.25) is 0 Å². The van der Waals surface area contributed by atoms with Gasteiger partial charge in [0.15, 0.2) is 0 Å². The Morgan fingerprint density at radius 3 is 2.50 bits per heavy atom. The number of hydrogen-bond acceptors (Lipinski definition) is 3. The number of pyridine rings is 1. The molecule has 0 saturated carbocycles. The van der Waals surface area contributed by atoms with E-state index in [2.05, 4.69) is 10.3 Å². The van der Waals surface area contributed by atoms with Crippen LogP contribution in [-0.4, -0.2) is 18.0 Å². The molecule has 24 heavy (non-hydrogen) atoms. The van der Waals surface area contributed by atoms with Crippen molar-refractivity contribution in [1.29, 1.82) is 0 Å². The lowest BCUT2D eigenvalue weighted by atomic mass is 10.1. The van der Waals surface area contributed by atoms with Crippen LogP contribution in [0.5, 0.6) is 5.75 Å². The lowest BCUT2D eigenvalue weighted by molar-refractivity contribution is 0.102. The maximum atomic E-state index is 12.3. The fourth-order valence-electron chi connectivity index (χ4n) is 2.33. The standard InChI is InChI=1S/C20H18N2O2/c1-14-6-8-15(9-7-14)19-11-10-16(13-21-19)20(23)22-17-4-3-5-18(12-17)24-2/h3-13H,1-2H3,(H,22,23). The Morgan fingerprint density at radius 2 is 1.83 bits per heavy atom.